The van der Waals surface area contributed by atoms with Crippen molar-refractivity contribution in [1.29, 1.82) is 0 Å². The van der Waals surface area contributed by atoms with Crippen LogP contribution in [0, 0.1) is 4.77 Å². The number of rotatable bonds is 6. The lowest BCUT2D eigenvalue weighted by Crippen LogP contribution is -2.26. The Morgan fingerprint density at radius 2 is 2.33 bits per heavy atom. The highest BCUT2D eigenvalue weighted by atomic mass is 32.1. The summed E-state index contributed by atoms with van der Waals surface area (Å²) >= 11 is 5.33. The molecular weight excluding hydrogens is 248 g/mol. The lowest BCUT2D eigenvalue weighted by atomic mass is 10.4. The van der Waals surface area contributed by atoms with Crippen LogP contribution in [0.3, 0.4) is 0 Å². The zero-order chi connectivity index (χ0) is 13.0. The molecule has 0 unspecified atom stereocenters. The summed E-state index contributed by atoms with van der Waals surface area (Å²) in [6, 6.07) is 1.98. The smallest absolute Gasteiger partial charge is 0.178 e. The fourth-order valence-corrected chi connectivity index (χ4v) is 2.16. The van der Waals surface area contributed by atoms with Crippen LogP contribution in [0.5, 0.6) is 0 Å². The summed E-state index contributed by atoms with van der Waals surface area (Å²) in [6.45, 7) is 3.48. The normalized spacial score (nSPS) is 11.5. The average Bonchev–Trinajstić information content (AvgIpc) is 2.69. The Morgan fingerprint density at radius 1 is 1.50 bits per heavy atom. The number of imidazole rings is 1. The van der Waals surface area contributed by atoms with E-state index in [0.29, 0.717) is 0 Å². The molecule has 2 heterocycles. The Hall–Kier alpha value is -1.24. The van der Waals surface area contributed by atoms with E-state index in [4.69, 9.17) is 17.0 Å². The molecule has 0 bridgehead atoms. The van der Waals surface area contributed by atoms with Crippen molar-refractivity contribution in [2.75, 3.05) is 33.9 Å². The molecule has 98 valence electrons. The molecule has 0 aliphatic rings. The van der Waals surface area contributed by atoms with Gasteiger partial charge in [0.2, 0.25) is 0 Å². The number of hydrogen-bond donors (Lipinski definition) is 1. The molecule has 6 heteroatoms. The number of ether oxygens (including phenoxy) is 1. The number of methoxy groups -OCH3 is 1. The van der Waals surface area contributed by atoms with Gasteiger partial charge < -0.3 is 19.2 Å². The minimum Gasteiger partial charge on any atom is -0.383 e. The summed E-state index contributed by atoms with van der Waals surface area (Å²) in [5, 5.41) is 0. The molecule has 0 atom stereocenters. The minimum atomic E-state index is 0.748. The fourth-order valence-electron chi connectivity index (χ4n) is 1.86. The number of pyridine rings is 1. The molecule has 0 saturated carbocycles. The first-order chi connectivity index (χ1) is 8.72. The molecule has 2 rings (SSSR count). The van der Waals surface area contributed by atoms with Gasteiger partial charge in [-0.25, -0.2) is 0 Å². The van der Waals surface area contributed by atoms with Crippen LogP contribution in [0.2, 0.25) is 0 Å². The van der Waals surface area contributed by atoms with Gasteiger partial charge in [-0.2, -0.15) is 0 Å². The van der Waals surface area contributed by atoms with Gasteiger partial charge in [-0.15, -0.1) is 0 Å². The van der Waals surface area contributed by atoms with E-state index in [1.54, 1.807) is 19.5 Å². The number of nitrogens with one attached hydrogen (secondary N) is 1. The Morgan fingerprint density at radius 3 is 3.11 bits per heavy atom. The van der Waals surface area contributed by atoms with Crippen molar-refractivity contribution in [3.05, 3.63) is 23.2 Å². The highest BCUT2D eigenvalue weighted by Crippen LogP contribution is 2.11. The Bertz CT molecular complexity index is 562. The number of fused-ring (bicyclic) bond motifs is 1. The van der Waals surface area contributed by atoms with Crippen LogP contribution in [-0.4, -0.2) is 53.3 Å². The number of nitrogens with zero attached hydrogens (tertiary/aromatic N) is 3. The van der Waals surface area contributed by atoms with Crippen molar-refractivity contribution in [3.8, 4) is 0 Å². The van der Waals surface area contributed by atoms with E-state index in [1.807, 2.05) is 6.07 Å². The van der Waals surface area contributed by atoms with Gasteiger partial charge in [0.1, 0.15) is 0 Å². The van der Waals surface area contributed by atoms with E-state index in [-0.39, 0.29) is 0 Å². The molecule has 0 spiro atoms. The molecule has 2 aromatic heterocycles. The van der Waals surface area contributed by atoms with Gasteiger partial charge in [0.15, 0.2) is 4.77 Å². The summed E-state index contributed by atoms with van der Waals surface area (Å²) in [5.41, 5.74) is 2.09. The van der Waals surface area contributed by atoms with Crippen LogP contribution in [0.25, 0.3) is 11.0 Å². The lowest BCUT2D eigenvalue weighted by Gasteiger charge is -2.16. The molecule has 0 aromatic carbocycles. The maximum absolute atomic E-state index is 5.33. The van der Waals surface area contributed by atoms with Crippen molar-refractivity contribution >= 4 is 23.3 Å². The van der Waals surface area contributed by atoms with E-state index in [2.05, 4.69) is 26.5 Å². The fraction of sp³-hybridized carbons (Fsp3) is 0.500. The van der Waals surface area contributed by atoms with Crippen molar-refractivity contribution in [1.82, 2.24) is 19.4 Å². The predicted molar refractivity (Wildman–Crippen MR) is 74.3 cm³/mol. The molecule has 18 heavy (non-hydrogen) atoms. The quantitative estimate of drug-likeness (QED) is 0.808. The average molecular weight is 266 g/mol. The van der Waals surface area contributed by atoms with Gasteiger partial charge in [0, 0.05) is 32.9 Å². The van der Waals surface area contributed by atoms with E-state index in [0.717, 1.165) is 42.0 Å². The Kier molecular flexibility index (Phi) is 4.46. The molecule has 0 radical (unpaired) electrons. The van der Waals surface area contributed by atoms with Crippen LogP contribution in [-0.2, 0) is 11.3 Å². The van der Waals surface area contributed by atoms with Gasteiger partial charge in [-0.3, -0.25) is 4.98 Å². The molecule has 0 aliphatic heterocycles. The summed E-state index contributed by atoms with van der Waals surface area (Å²) in [4.78, 5) is 9.48. The first-order valence-electron chi connectivity index (χ1n) is 5.92. The van der Waals surface area contributed by atoms with Gasteiger partial charge in [-0.1, -0.05) is 0 Å². The third-order valence-corrected chi connectivity index (χ3v) is 3.28. The van der Waals surface area contributed by atoms with Gasteiger partial charge in [0.25, 0.3) is 0 Å². The van der Waals surface area contributed by atoms with Gasteiger partial charge >= 0.3 is 0 Å². The van der Waals surface area contributed by atoms with Crippen LogP contribution in [0.15, 0.2) is 18.5 Å². The third-order valence-electron chi connectivity index (χ3n) is 2.96. The zero-order valence-corrected chi connectivity index (χ0v) is 11.5. The molecule has 0 amide bonds. The maximum Gasteiger partial charge on any atom is 0.178 e. The van der Waals surface area contributed by atoms with Crippen LogP contribution < -0.4 is 0 Å². The highest BCUT2D eigenvalue weighted by molar-refractivity contribution is 7.71. The zero-order valence-electron chi connectivity index (χ0n) is 10.7. The van der Waals surface area contributed by atoms with Gasteiger partial charge in [0.05, 0.1) is 23.8 Å². The summed E-state index contributed by atoms with van der Waals surface area (Å²) in [7, 11) is 3.80. The third kappa shape index (κ3) is 2.95. The molecule has 0 aliphatic carbocycles. The molecule has 0 saturated heterocycles. The second-order valence-electron chi connectivity index (χ2n) is 4.27. The standard InChI is InChI=1S/C12H18N4OS/c1-15(7-8-17-2)5-6-16-11-3-4-13-9-10(11)14-12(16)18/h3-4,9H,5-8H2,1-2H3,(H,14,18). The predicted octanol–water partition coefficient (Wildman–Crippen LogP) is 1.67. The number of aromatic amines is 1. The number of hydrogen-bond acceptors (Lipinski definition) is 4. The summed E-state index contributed by atoms with van der Waals surface area (Å²) in [5.74, 6) is 0. The van der Waals surface area contributed by atoms with Gasteiger partial charge in [-0.05, 0) is 25.3 Å². The highest BCUT2D eigenvalue weighted by Gasteiger charge is 2.05. The first kappa shape index (κ1) is 13.2. The van der Waals surface area contributed by atoms with E-state index < -0.39 is 0 Å². The molecule has 5 nitrogen and oxygen atoms in total. The maximum atomic E-state index is 5.33. The number of H-pyrrole nitrogens is 1. The van der Waals surface area contributed by atoms with Crippen LogP contribution in [0.4, 0.5) is 0 Å². The van der Waals surface area contributed by atoms with Crippen LogP contribution >= 0.6 is 12.2 Å². The SMILES string of the molecule is COCCN(C)CCn1c(=S)[nH]c2cnccc21. The molecule has 2 aromatic rings. The summed E-state index contributed by atoms with van der Waals surface area (Å²) < 4.78 is 7.92. The molecule has 0 fully saturated rings. The topological polar surface area (TPSA) is 46.1 Å². The Labute approximate surface area is 111 Å². The first-order valence-corrected chi connectivity index (χ1v) is 6.33. The largest absolute Gasteiger partial charge is 0.383 e. The minimum absolute atomic E-state index is 0.748. The van der Waals surface area contributed by atoms with E-state index >= 15 is 0 Å². The van der Waals surface area contributed by atoms with E-state index in [1.165, 1.54) is 0 Å². The molecular formula is C12H18N4OS. The second kappa shape index (κ2) is 6.08. The molecule has 1 N–H and O–H groups in total. The second-order valence-corrected chi connectivity index (χ2v) is 4.66. The van der Waals surface area contributed by atoms with Crippen molar-refractivity contribution in [3.63, 3.8) is 0 Å². The van der Waals surface area contributed by atoms with Crippen LogP contribution in [0.1, 0.15) is 0 Å². The van der Waals surface area contributed by atoms with E-state index in [9.17, 15) is 0 Å². The number of aromatic nitrogens is 3. The summed E-state index contributed by atoms with van der Waals surface area (Å²) in [6.07, 6.45) is 3.59. The van der Waals surface area contributed by atoms with Crippen molar-refractivity contribution < 1.29 is 4.74 Å². The van der Waals surface area contributed by atoms with Crippen molar-refractivity contribution in [2.24, 2.45) is 0 Å². The number of likely N-dealkylation sites (N-methyl/N-ethyl adjacent to an activating group) is 1. The monoisotopic (exact) mass is 266 g/mol. The van der Waals surface area contributed by atoms with Crippen molar-refractivity contribution in [2.45, 2.75) is 6.54 Å². The lowest BCUT2D eigenvalue weighted by molar-refractivity contribution is 0.159. The Balaban J connectivity index is 2.07.